The number of piperidine rings is 1. The van der Waals surface area contributed by atoms with Crippen molar-refractivity contribution in [1.29, 1.82) is 0 Å². The number of nitrogens with one attached hydrogen (secondary N) is 1. The molecule has 8 nitrogen and oxygen atoms in total. The van der Waals surface area contributed by atoms with Crippen molar-refractivity contribution in [3.05, 3.63) is 47.7 Å². The number of fused-ring (bicyclic) bond motifs is 4. The Bertz CT molecular complexity index is 1970. The fourth-order valence-electron chi connectivity index (χ4n) is 7.87. The summed E-state index contributed by atoms with van der Waals surface area (Å²) in [5.74, 6) is -0.0306. The third-order valence-electron chi connectivity index (χ3n) is 10.7. The molecule has 13 heteroatoms. The summed E-state index contributed by atoms with van der Waals surface area (Å²) in [6.07, 6.45) is 6.93. The van der Waals surface area contributed by atoms with Crippen LogP contribution in [0.1, 0.15) is 44.1 Å². The Morgan fingerprint density at radius 2 is 1.78 bits per heavy atom. The third-order valence-corrected chi connectivity index (χ3v) is 10.7. The van der Waals surface area contributed by atoms with Crippen LogP contribution in [0.25, 0.3) is 32.9 Å². The van der Waals surface area contributed by atoms with Crippen LogP contribution in [0.4, 0.5) is 27.8 Å². The molecule has 2 aromatic heterocycles. The number of phenols is 1. The maximum atomic E-state index is 16.8. The van der Waals surface area contributed by atoms with E-state index < -0.39 is 23.7 Å². The highest BCUT2D eigenvalue weighted by atomic mass is 19.4. The molecular weight excluding hydrogens is 643 g/mol. The second kappa shape index (κ2) is 11.9. The Hall–Kier alpha value is -4.28. The van der Waals surface area contributed by atoms with Crippen molar-refractivity contribution in [3.8, 4) is 35.4 Å². The number of hydrogen-bond acceptors (Lipinski definition) is 8. The van der Waals surface area contributed by atoms with Gasteiger partial charge in [0.1, 0.15) is 28.6 Å². The Morgan fingerprint density at radius 3 is 2.45 bits per heavy atom. The van der Waals surface area contributed by atoms with Gasteiger partial charge in [0.2, 0.25) is 0 Å². The molecule has 2 unspecified atom stereocenters. The molecule has 3 saturated heterocycles. The van der Waals surface area contributed by atoms with Crippen molar-refractivity contribution in [2.24, 2.45) is 11.3 Å². The molecule has 1 aliphatic carbocycles. The highest BCUT2D eigenvalue weighted by Gasteiger charge is 2.47. The van der Waals surface area contributed by atoms with E-state index in [9.17, 15) is 22.7 Å². The van der Waals surface area contributed by atoms with E-state index in [4.69, 9.17) is 16.1 Å². The summed E-state index contributed by atoms with van der Waals surface area (Å²) < 4.78 is 77.5. The van der Waals surface area contributed by atoms with E-state index in [1.165, 1.54) is 30.5 Å². The minimum atomic E-state index is -4.17. The number of alkyl halides is 3. The number of aromatic hydroxyl groups is 1. The van der Waals surface area contributed by atoms with E-state index in [1.54, 1.807) is 0 Å². The number of pyridine rings is 1. The van der Waals surface area contributed by atoms with Crippen LogP contribution < -0.4 is 15.0 Å². The van der Waals surface area contributed by atoms with E-state index in [0.717, 1.165) is 25.7 Å². The normalized spacial score (nSPS) is 22.5. The second-order valence-electron chi connectivity index (χ2n) is 14.1. The van der Waals surface area contributed by atoms with Gasteiger partial charge in [0.05, 0.1) is 23.5 Å². The molecule has 0 radical (unpaired) electrons. The first-order chi connectivity index (χ1) is 23.5. The first kappa shape index (κ1) is 32.0. The zero-order valence-electron chi connectivity index (χ0n) is 26.7. The Labute approximate surface area is 279 Å². The highest BCUT2D eigenvalue weighted by molar-refractivity contribution is 6.03. The smallest absolute Gasteiger partial charge is 0.391 e. The molecule has 2 bridgehead atoms. The lowest BCUT2D eigenvalue weighted by Gasteiger charge is -2.35. The summed E-state index contributed by atoms with van der Waals surface area (Å²) in [7, 11) is 0. The summed E-state index contributed by atoms with van der Waals surface area (Å²) in [5.41, 5.74) is -0.390. The first-order valence-corrected chi connectivity index (χ1v) is 16.7. The average Bonchev–Trinajstić information content (AvgIpc) is 3.76. The summed E-state index contributed by atoms with van der Waals surface area (Å²) in [6, 6.07) is 5.91. The summed E-state index contributed by atoms with van der Waals surface area (Å²) in [5, 5.41) is 15.2. The van der Waals surface area contributed by atoms with Gasteiger partial charge in [0.15, 0.2) is 5.82 Å². The molecule has 4 aliphatic rings. The van der Waals surface area contributed by atoms with Crippen LogP contribution in [-0.2, 0) is 0 Å². The minimum absolute atomic E-state index is 0.0115. The minimum Gasteiger partial charge on any atom is -0.508 e. The molecule has 256 valence electrons. The molecule has 8 rings (SSSR count). The molecular formula is C36H35F5N6O2. The first-order valence-electron chi connectivity index (χ1n) is 16.7. The monoisotopic (exact) mass is 678 g/mol. The lowest BCUT2D eigenvalue weighted by molar-refractivity contribution is -0.185. The molecule has 4 aromatic rings. The zero-order chi connectivity index (χ0) is 34.1. The van der Waals surface area contributed by atoms with E-state index in [2.05, 4.69) is 31.0 Å². The molecule has 0 amide bonds. The van der Waals surface area contributed by atoms with Gasteiger partial charge in [0, 0.05) is 54.3 Å². The van der Waals surface area contributed by atoms with Crippen molar-refractivity contribution in [1.82, 2.24) is 25.2 Å². The quantitative estimate of drug-likeness (QED) is 0.177. The fourth-order valence-corrected chi connectivity index (χ4v) is 7.87. The number of halogens is 5. The maximum absolute atomic E-state index is 16.8. The van der Waals surface area contributed by atoms with E-state index in [-0.39, 0.29) is 76.4 Å². The summed E-state index contributed by atoms with van der Waals surface area (Å²) in [4.78, 5) is 18.0. The molecule has 4 fully saturated rings. The summed E-state index contributed by atoms with van der Waals surface area (Å²) >= 11 is 0. The van der Waals surface area contributed by atoms with Crippen molar-refractivity contribution in [2.75, 3.05) is 44.2 Å². The molecule has 2 N–H and O–H groups in total. The van der Waals surface area contributed by atoms with Gasteiger partial charge in [-0.25, -0.2) is 8.78 Å². The predicted molar refractivity (Wildman–Crippen MR) is 174 cm³/mol. The van der Waals surface area contributed by atoms with Crippen molar-refractivity contribution in [3.63, 3.8) is 0 Å². The van der Waals surface area contributed by atoms with Crippen molar-refractivity contribution < 1.29 is 31.8 Å². The number of phenolic OH excluding ortho intramolecular Hbond substituents is 1. The third kappa shape index (κ3) is 5.99. The number of rotatable bonds is 7. The van der Waals surface area contributed by atoms with Gasteiger partial charge >= 0.3 is 12.2 Å². The van der Waals surface area contributed by atoms with E-state index in [0.29, 0.717) is 49.3 Å². The Balaban J connectivity index is 1.15. The number of ether oxygens (including phenoxy) is 1. The van der Waals surface area contributed by atoms with Gasteiger partial charge in [-0.2, -0.15) is 23.1 Å². The molecule has 0 spiro atoms. The topological polar surface area (TPSA) is 86.6 Å². The molecule has 2 atom stereocenters. The lowest BCUT2D eigenvalue weighted by Crippen LogP contribution is -2.51. The molecule has 5 heterocycles. The summed E-state index contributed by atoms with van der Waals surface area (Å²) in [6.45, 7) is 2.93. The van der Waals surface area contributed by atoms with Crippen LogP contribution >= 0.6 is 0 Å². The molecule has 3 aliphatic heterocycles. The van der Waals surface area contributed by atoms with Crippen LogP contribution in [0.3, 0.4) is 0 Å². The van der Waals surface area contributed by atoms with Crippen LogP contribution in [0.15, 0.2) is 30.5 Å². The second-order valence-corrected chi connectivity index (χ2v) is 14.1. The Morgan fingerprint density at radius 1 is 1.04 bits per heavy atom. The standard InChI is InChI=1S/C36H35F5N6O2/c1-2-25-28(37)6-3-20-13-24(48)14-26(29(20)25)31-30(38)32-27(15-42-31)33(47-16-22-4-5-23(17-47)43-22)45-34(44-32)49-19-35(9-10-35)18-46-11-7-21(8-12-46)36(39,40)41/h1,3,6,13-15,21-23,43,48H,4-5,7-12,16-19H2. The number of likely N-dealkylation sites (tertiary alicyclic amines) is 1. The SMILES string of the molecule is C#Cc1c(F)ccc2cc(O)cc(-c3ncc4c(N5CC6CCC(C5)N6)nc(OCC5(CN6CCC(C(F)(F)F)CC6)CC5)nc4c3F)c12. The van der Waals surface area contributed by atoms with Gasteiger partial charge in [-0.05, 0) is 75.2 Å². The number of benzene rings is 2. The predicted octanol–water partition coefficient (Wildman–Crippen LogP) is 6.18. The molecule has 2 aromatic carbocycles. The zero-order valence-corrected chi connectivity index (χ0v) is 26.7. The number of aromatic nitrogens is 3. The number of nitrogens with zero attached hydrogens (tertiary/aromatic N) is 5. The Kier molecular flexibility index (Phi) is 7.79. The van der Waals surface area contributed by atoms with Gasteiger partial charge in [-0.1, -0.05) is 12.0 Å². The van der Waals surface area contributed by atoms with Crippen molar-refractivity contribution in [2.45, 2.75) is 56.8 Å². The van der Waals surface area contributed by atoms with Gasteiger partial charge in [-0.15, -0.1) is 6.42 Å². The number of hydrogen-bond donors (Lipinski definition) is 2. The van der Waals surface area contributed by atoms with Crippen LogP contribution in [0.5, 0.6) is 11.8 Å². The van der Waals surface area contributed by atoms with E-state index in [1.807, 2.05) is 0 Å². The van der Waals surface area contributed by atoms with Gasteiger partial charge < -0.3 is 25.0 Å². The van der Waals surface area contributed by atoms with Crippen LogP contribution in [-0.4, -0.2) is 82.5 Å². The molecule has 49 heavy (non-hydrogen) atoms. The maximum Gasteiger partial charge on any atom is 0.391 e. The average molecular weight is 679 g/mol. The fraction of sp³-hybridized carbons (Fsp3) is 0.472. The lowest BCUT2D eigenvalue weighted by atomic mass is 9.95. The largest absolute Gasteiger partial charge is 0.508 e. The number of terminal acetylenes is 1. The van der Waals surface area contributed by atoms with Gasteiger partial charge in [0.25, 0.3) is 0 Å². The van der Waals surface area contributed by atoms with Crippen LogP contribution in [0, 0.1) is 35.3 Å². The number of piperazine rings is 1. The molecule has 1 saturated carbocycles. The number of anilines is 1. The van der Waals surface area contributed by atoms with Crippen molar-refractivity contribution >= 4 is 27.5 Å². The van der Waals surface area contributed by atoms with Gasteiger partial charge in [-0.3, -0.25) is 4.98 Å². The van der Waals surface area contributed by atoms with E-state index >= 15 is 4.39 Å². The highest BCUT2D eigenvalue weighted by Crippen LogP contribution is 2.48. The van der Waals surface area contributed by atoms with Crippen LogP contribution in [0.2, 0.25) is 0 Å².